The number of aromatic nitrogens is 1. The quantitative estimate of drug-likeness (QED) is 0.834. The maximum atomic E-state index is 13.2. The van der Waals surface area contributed by atoms with Gasteiger partial charge in [-0.25, -0.2) is 9.37 Å². The zero-order valence-electron chi connectivity index (χ0n) is 9.77. The first-order valence-electron chi connectivity index (χ1n) is 5.34. The Hall–Kier alpha value is -2.01. The molecular formula is C13H12FN3S. The maximum absolute atomic E-state index is 13.2. The van der Waals surface area contributed by atoms with Gasteiger partial charge in [-0.2, -0.15) is 0 Å². The normalized spacial score (nSPS) is 10.1. The number of thiocarbonyl (C=S) groups is 1. The molecule has 0 radical (unpaired) electrons. The van der Waals surface area contributed by atoms with Crippen LogP contribution in [0.2, 0.25) is 0 Å². The molecule has 0 saturated carbocycles. The van der Waals surface area contributed by atoms with Crippen LogP contribution in [-0.4, -0.2) is 9.97 Å². The van der Waals surface area contributed by atoms with E-state index in [0.29, 0.717) is 16.5 Å². The molecule has 2 aromatic rings. The first-order valence-corrected chi connectivity index (χ1v) is 5.75. The number of halogens is 1. The lowest BCUT2D eigenvalue weighted by molar-refractivity contribution is 0.627. The Balaban J connectivity index is 2.28. The smallest absolute Gasteiger partial charge is 0.130 e. The SMILES string of the molecule is Cc1cc(F)cc(Nc2cc(C(N)=S)ccn2)c1. The summed E-state index contributed by atoms with van der Waals surface area (Å²) in [4.78, 5) is 4.43. The summed E-state index contributed by atoms with van der Waals surface area (Å²) in [5.41, 5.74) is 7.73. The molecule has 1 aromatic heterocycles. The third-order valence-electron chi connectivity index (χ3n) is 2.36. The average Bonchev–Trinajstić information content (AvgIpc) is 2.27. The molecule has 5 heteroatoms. The summed E-state index contributed by atoms with van der Waals surface area (Å²) in [6.07, 6.45) is 1.60. The van der Waals surface area contributed by atoms with Gasteiger partial charge in [-0.15, -0.1) is 0 Å². The van der Waals surface area contributed by atoms with Gasteiger partial charge in [0, 0.05) is 17.4 Å². The van der Waals surface area contributed by atoms with Crippen molar-refractivity contribution in [2.45, 2.75) is 6.92 Å². The van der Waals surface area contributed by atoms with E-state index in [1.165, 1.54) is 12.1 Å². The van der Waals surface area contributed by atoms with Gasteiger partial charge in [-0.3, -0.25) is 0 Å². The highest BCUT2D eigenvalue weighted by Crippen LogP contribution is 2.18. The molecular weight excluding hydrogens is 249 g/mol. The van der Waals surface area contributed by atoms with Crippen LogP contribution in [-0.2, 0) is 0 Å². The van der Waals surface area contributed by atoms with Crippen molar-refractivity contribution in [1.29, 1.82) is 0 Å². The van der Waals surface area contributed by atoms with Crippen molar-refractivity contribution in [2.24, 2.45) is 5.73 Å². The van der Waals surface area contributed by atoms with Gasteiger partial charge in [0.15, 0.2) is 0 Å². The lowest BCUT2D eigenvalue weighted by Crippen LogP contribution is -2.09. The number of anilines is 2. The predicted octanol–water partition coefficient (Wildman–Crippen LogP) is 2.91. The molecule has 18 heavy (non-hydrogen) atoms. The van der Waals surface area contributed by atoms with Crippen LogP contribution in [0.25, 0.3) is 0 Å². The standard InChI is InChI=1S/C13H12FN3S/c1-8-4-10(14)7-11(5-8)17-12-6-9(13(15)18)2-3-16-12/h2-7H,1H3,(H2,15,18)(H,16,17). The Morgan fingerprint density at radius 3 is 2.78 bits per heavy atom. The summed E-state index contributed by atoms with van der Waals surface area (Å²) in [6, 6.07) is 8.15. The Morgan fingerprint density at radius 2 is 2.11 bits per heavy atom. The highest BCUT2D eigenvalue weighted by molar-refractivity contribution is 7.80. The lowest BCUT2D eigenvalue weighted by Gasteiger charge is -2.08. The zero-order chi connectivity index (χ0) is 13.1. The summed E-state index contributed by atoms with van der Waals surface area (Å²) in [5.74, 6) is 0.285. The molecule has 2 rings (SSSR count). The summed E-state index contributed by atoms with van der Waals surface area (Å²) >= 11 is 4.89. The third kappa shape index (κ3) is 3.01. The molecule has 0 unspecified atom stereocenters. The van der Waals surface area contributed by atoms with Gasteiger partial charge < -0.3 is 11.1 Å². The van der Waals surface area contributed by atoms with E-state index in [4.69, 9.17) is 18.0 Å². The number of rotatable bonds is 3. The molecule has 0 bridgehead atoms. The number of benzene rings is 1. The van der Waals surface area contributed by atoms with Crippen LogP contribution >= 0.6 is 12.2 Å². The largest absolute Gasteiger partial charge is 0.389 e. The fourth-order valence-electron chi connectivity index (χ4n) is 1.61. The van der Waals surface area contributed by atoms with Crippen LogP contribution in [0.4, 0.5) is 15.9 Å². The predicted molar refractivity (Wildman–Crippen MR) is 74.5 cm³/mol. The van der Waals surface area contributed by atoms with Gasteiger partial charge in [0.25, 0.3) is 0 Å². The molecule has 3 N–H and O–H groups in total. The minimum absolute atomic E-state index is 0.289. The molecule has 92 valence electrons. The van der Waals surface area contributed by atoms with E-state index in [9.17, 15) is 4.39 Å². The zero-order valence-corrected chi connectivity index (χ0v) is 10.6. The summed E-state index contributed by atoms with van der Waals surface area (Å²) in [5, 5.41) is 3.01. The molecule has 0 spiro atoms. The number of nitrogens with zero attached hydrogens (tertiary/aromatic N) is 1. The molecule has 0 fully saturated rings. The average molecular weight is 261 g/mol. The first-order chi connectivity index (χ1) is 8.54. The van der Waals surface area contributed by atoms with Crippen LogP contribution in [0.15, 0.2) is 36.5 Å². The van der Waals surface area contributed by atoms with Gasteiger partial charge in [0.05, 0.1) is 0 Å². The molecule has 3 nitrogen and oxygen atoms in total. The molecule has 0 aliphatic rings. The van der Waals surface area contributed by atoms with Gasteiger partial charge >= 0.3 is 0 Å². The van der Waals surface area contributed by atoms with Gasteiger partial charge in [-0.05, 0) is 42.8 Å². The minimum atomic E-state index is -0.289. The van der Waals surface area contributed by atoms with Crippen LogP contribution in [0.1, 0.15) is 11.1 Å². The summed E-state index contributed by atoms with van der Waals surface area (Å²) in [7, 11) is 0. The molecule has 0 saturated heterocycles. The first kappa shape index (κ1) is 12.4. The molecule has 0 amide bonds. The number of nitrogens with two attached hydrogens (primary N) is 1. The minimum Gasteiger partial charge on any atom is -0.389 e. The van der Waals surface area contributed by atoms with E-state index in [-0.39, 0.29) is 5.82 Å². The van der Waals surface area contributed by atoms with Crippen molar-refractivity contribution in [3.05, 3.63) is 53.5 Å². The Bertz CT molecular complexity index is 578. The van der Waals surface area contributed by atoms with Crippen molar-refractivity contribution >= 4 is 28.7 Å². The van der Waals surface area contributed by atoms with Crippen LogP contribution in [0.3, 0.4) is 0 Å². The molecule has 0 atom stereocenters. The van der Waals surface area contributed by atoms with Crippen LogP contribution in [0, 0.1) is 12.7 Å². The van der Waals surface area contributed by atoms with Crippen LogP contribution < -0.4 is 11.1 Å². The molecule has 1 aromatic carbocycles. The second kappa shape index (κ2) is 5.10. The maximum Gasteiger partial charge on any atom is 0.130 e. The van der Waals surface area contributed by atoms with E-state index in [1.54, 1.807) is 18.3 Å². The van der Waals surface area contributed by atoms with Crippen molar-refractivity contribution in [2.75, 3.05) is 5.32 Å². The summed E-state index contributed by atoms with van der Waals surface area (Å²) < 4.78 is 13.2. The summed E-state index contributed by atoms with van der Waals surface area (Å²) in [6.45, 7) is 1.83. The van der Waals surface area contributed by atoms with E-state index in [0.717, 1.165) is 11.1 Å². The third-order valence-corrected chi connectivity index (χ3v) is 2.59. The van der Waals surface area contributed by atoms with Crippen molar-refractivity contribution < 1.29 is 4.39 Å². The van der Waals surface area contributed by atoms with Gasteiger partial charge in [0.2, 0.25) is 0 Å². The van der Waals surface area contributed by atoms with Crippen molar-refractivity contribution in [3.8, 4) is 0 Å². The Kier molecular flexibility index (Phi) is 3.53. The van der Waals surface area contributed by atoms with Crippen molar-refractivity contribution in [3.63, 3.8) is 0 Å². The number of hydrogen-bond donors (Lipinski definition) is 2. The number of nitrogens with one attached hydrogen (secondary N) is 1. The highest BCUT2D eigenvalue weighted by Gasteiger charge is 2.02. The van der Waals surface area contributed by atoms with E-state index in [2.05, 4.69) is 10.3 Å². The van der Waals surface area contributed by atoms with E-state index >= 15 is 0 Å². The second-order valence-electron chi connectivity index (χ2n) is 3.94. The van der Waals surface area contributed by atoms with Crippen molar-refractivity contribution in [1.82, 2.24) is 4.98 Å². The second-order valence-corrected chi connectivity index (χ2v) is 4.38. The van der Waals surface area contributed by atoms with Crippen LogP contribution in [0.5, 0.6) is 0 Å². The number of aryl methyl sites for hydroxylation is 1. The number of hydrogen-bond acceptors (Lipinski definition) is 3. The highest BCUT2D eigenvalue weighted by atomic mass is 32.1. The fourth-order valence-corrected chi connectivity index (χ4v) is 1.74. The fraction of sp³-hybridized carbons (Fsp3) is 0.0769. The molecule has 1 heterocycles. The van der Waals surface area contributed by atoms with E-state index in [1.807, 2.05) is 13.0 Å². The topological polar surface area (TPSA) is 50.9 Å². The molecule has 0 aliphatic carbocycles. The lowest BCUT2D eigenvalue weighted by atomic mass is 10.2. The van der Waals surface area contributed by atoms with Gasteiger partial charge in [0.1, 0.15) is 16.6 Å². The monoisotopic (exact) mass is 261 g/mol. The van der Waals surface area contributed by atoms with Gasteiger partial charge in [-0.1, -0.05) is 12.2 Å². The Morgan fingerprint density at radius 1 is 1.33 bits per heavy atom. The number of pyridine rings is 1. The van der Waals surface area contributed by atoms with E-state index < -0.39 is 0 Å². The molecule has 0 aliphatic heterocycles. The Labute approximate surface area is 110 Å².